The molecule has 1 rings (SSSR count). The molecule has 0 aliphatic heterocycles. The van der Waals surface area contributed by atoms with Gasteiger partial charge in [0.2, 0.25) is 0 Å². The van der Waals surface area contributed by atoms with E-state index in [9.17, 15) is 26.3 Å². The summed E-state index contributed by atoms with van der Waals surface area (Å²) < 4.78 is 71.8. The molecule has 0 spiro atoms. The first-order chi connectivity index (χ1) is 6.21. The van der Waals surface area contributed by atoms with Crippen LogP contribution in [0.25, 0.3) is 0 Å². The summed E-state index contributed by atoms with van der Waals surface area (Å²) in [6.45, 7) is 0. The third-order valence-corrected chi connectivity index (χ3v) is 1.43. The number of halogens is 6. The van der Waals surface area contributed by atoms with Crippen molar-refractivity contribution in [1.82, 2.24) is 0 Å². The second-order valence-corrected chi connectivity index (χ2v) is 2.49. The van der Waals surface area contributed by atoms with Crippen LogP contribution < -0.4 is 0 Å². The van der Waals surface area contributed by atoms with Crippen LogP contribution in [0.1, 0.15) is 11.1 Å². The molecule has 0 bridgehead atoms. The van der Waals surface area contributed by atoms with Crippen molar-refractivity contribution < 1.29 is 47.4 Å². The van der Waals surface area contributed by atoms with E-state index in [1.807, 2.05) is 0 Å². The molecule has 0 saturated carbocycles. The van der Waals surface area contributed by atoms with Crippen molar-refractivity contribution in [2.24, 2.45) is 0 Å². The molecule has 15 heavy (non-hydrogen) atoms. The second kappa shape index (κ2) is 4.56. The average molecular weight is 408 g/mol. The van der Waals surface area contributed by atoms with Crippen molar-refractivity contribution >= 4 is 0 Å². The van der Waals surface area contributed by atoms with Gasteiger partial charge in [-0.1, -0.05) is 6.07 Å². The second-order valence-electron chi connectivity index (χ2n) is 2.49. The zero-order valence-corrected chi connectivity index (χ0v) is 9.09. The maximum absolute atomic E-state index is 12.0. The van der Waals surface area contributed by atoms with E-state index < -0.39 is 23.5 Å². The fourth-order valence-electron chi connectivity index (χ4n) is 0.806. The predicted molar refractivity (Wildman–Crippen MR) is 35.3 cm³/mol. The van der Waals surface area contributed by atoms with Crippen LogP contribution in [-0.2, 0) is 33.4 Å². The SMILES string of the molecule is FC(F)(F)c1[c]ccc(C(F)(F)F)c1.[Pt]. The Morgan fingerprint density at radius 3 is 1.87 bits per heavy atom. The molecule has 1 radical (unpaired) electrons. The number of hydrogen-bond acceptors (Lipinski definition) is 0. The largest absolute Gasteiger partial charge is 0.417 e. The van der Waals surface area contributed by atoms with Gasteiger partial charge in [0.1, 0.15) is 0 Å². The van der Waals surface area contributed by atoms with Crippen molar-refractivity contribution in [1.29, 1.82) is 0 Å². The topological polar surface area (TPSA) is 0 Å². The van der Waals surface area contributed by atoms with Gasteiger partial charge >= 0.3 is 12.4 Å². The van der Waals surface area contributed by atoms with Crippen molar-refractivity contribution in [3.05, 3.63) is 35.4 Å². The number of alkyl halides is 6. The van der Waals surface area contributed by atoms with E-state index in [-0.39, 0.29) is 27.1 Å². The molecule has 1 aromatic rings. The molecule has 0 heterocycles. The third-order valence-electron chi connectivity index (χ3n) is 1.43. The minimum atomic E-state index is -4.80. The van der Waals surface area contributed by atoms with Gasteiger partial charge in [-0.15, -0.1) is 0 Å². The predicted octanol–water partition coefficient (Wildman–Crippen LogP) is 3.52. The van der Waals surface area contributed by atoms with Crippen LogP contribution in [0.4, 0.5) is 26.3 Å². The maximum atomic E-state index is 12.0. The zero-order chi connectivity index (χ0) is 11.0. The summed E-state index contributed by atoms with van der Waals surface area (Å²) >= 11 is 0. The van der Waals surface area contributed by atoms with Gasteiger partial charge in [-0.3, -0.25) is 0 Å². The molecule has 0 unspecified atom stereocenters. The molecule has 0 saturated heterocycles. The fourth-order valence-corrected chi connectivity index (χ4v) is 0.806. The molecule has 87 valence electrons. The molecule has 1 aromatic carbocycles. The Morgan fingerprint density at radius 1 is 0.933 bits per heavy atom. The van der Waals surface area contributed by atoms with E-state index in [0.29, 0.717) is 12.1 Å². The van der Waals surface area contributed by atoms with E-state index in [1.165, 1.54) is 0 Å². The van der Waals surface area contributed by atoms with Crippen molar-refractivity contribution in [3.63, 3.8) is 0 Å². The summed E-state index contributed by atoms with van der Waals surface area (Å²) in [7, 11) is 0. The molecular weight excluding hydrogens is 405 g/mol. The van der Waals surface area contributed by atoms with Gasteiger partial charge in [0.15, 0.2) is 0 Å². The Morgan fingerprint density at radius 2 is 1.47 bits per heavy atom. The third kappa shape index (κ3) is 3.86. The van der Waals surface area contributed by atoms with Gasteiger partial charge in [0.25, 0.3) is 0 Å². The minimum Gasteiger partial charge on any atom is -0.166 e. The van der Waals surface area contributed by atoms with Gasteiger partial charge < -0.3 is 0 Å². The molecule has 7 heteroatoms. The summed E-state index contributed by atoms with van der Waals surface area (Å²) in [5.41, 5.74) is -2.75. The molecular formula is C8H3F6Pt. The number of hydrogen-bond donors (Lipinski definition) is 0. The zero-order valence-electron chi connectivity index (χ0n) is 6.82. The van der Waals surface area contributed by atoms with E-state index in [0.717, 1.165) is 0 Å². The summed E-state index contributed by atoms with van der Waals surface area (Å²) in [5.74, 6) is 0. The smallest absolute Gasteiger partial charge is 0.166 e. The van der Waals surface area contributed by atoms with E-state index >= 15 is 0 Å². The summed E-state index contributed by atoms with van der Waals surface area (Å²) in [4.78, 5) is 0. The fraction of sp³-hybridized carbons (Fsp3) is 0.250. The van der Waals surface area contributed by atoms with E-state index in [4.69, 9.17) is 0 Å². The standard InChI is InChI=1S/C8H3F6.Pt/c9-7(10,11)5-2-1-3-6(4-5)8(12,13)14;/h1-2,4H;. The van der Waals surface area contributed by atoms with Crippen molar-refractivity contribution in [2.75, 3.05) is 0 Å². The van der Waals surface area contributed by atoms with Crippen LogP contribution in [0.2, 0.25) is 0 Å². The van der Waals surface area contributed by atoms with Gasteiger partial charge in [0, 0.05) is 21.1 Å². The van der Waals surface area contributed by atoms with E-state index in [1.54, 1.807) is 6.07 Å². The van der Waals surface area contributed by atoms with E-state index in [2.05, 4.69) is 0 Å². The van der Waals surface area contributed by atoms with Crippen LogP contribution in [0.3, 0.4) is 0 Å². The Labute approximate surface area is 95.5 Å². The molecule has 0 aromatic heterocycles. The van der Waals surface area contributed by atoms with Gasteiger partial charge in [-0.25, -0.2) is 0 Å². The van der Waals surface area contributed by atoms with Crippen LogP contribution >= 0.6 is 0 Å². The molecule has 0 N–H and O–H groups in total. The molecule has 0 nitrogen and oxygen atoms in total. The van der Waals surface area contributed by atoms with Crippen LogP contribution in [-0.4, -0.2) is 0 Å². The molecule has 0 fully saturated rings. The first kappa shape index (κ1) is 14.5. The first-order valence-electron chi connectivity index (χ1n) is 3.37. The van der Waals surface area contributed by atoms with Crippen LogP contribution in [0.5, 0.6) is 0 Å². The molecule has 0 aliphatic rings. The number of benzene rings is 1. The summed E-state index contributed by atoms with van der Waals surface area (Å²) in [6.07, 6.45) is -9.57. The van der Waals surface area contributed by atoms with Crippen molar-refractivity contribution in [2.45, 2.75) is 12.4 Å². The maximum Gasteiger partial charge on any atom is 0.417 e. The Bertz CT molecular complexity index is 297. The summed E-state index contributed by atoms with van der Waals surface area (Å²) in [6, 6.07) is 2.86. The van der Waals surface area contributed by atoms with Gasteiger partial charge in [0.05, 0.1) is 11.1 Å². The monoisotopic (exact) mass is 408 g/mol. The normalized spacial score (nSPS) is 12.1. The average Bonchev–Trinajstić information content (AvgIpc) is 2.01. The van der Waals surface area contributed by atoms with Crippen LogP contribution in [0, 0.1) is 6.07 Å². The minimum absolute atomic E-state index is 0. The van der Waals surface area contributed by atoms with Crippen molar-refractivity contribution in [3.8, 4) is 0 Å². The molecule has 0 atom stereocenters. The Kier molecular flexibility index (Phi) is 4.40. The van der Waals surface area contributed by atoms with Gasteiger partial charge in [-0.2, -0.15) is 26.3 Å². The number of rotatable bonds is 0. The first-order valence-corrected chi connectivity index (χ1v) is 3.37. The molecule has 0 amide bonds. The summed E-state index contributed by atoms with van der Waals surface area (Å²) in [5, 5.41) is 0. The molecule has 0 aliphatic carbocycles. The Hall–Kier alpha value is -0.512. The van der Waals surface area contributed by atoms with Gasteiger partial charge in [-0.05, 0) is 18.2 Å². The Balaban J connectivity index is 0.00000196. The quantitative estimate of drug-likeness (QED) is 0.577. The van der Waals surface area contributed by atoms with Crippen LogP contribution in [0.15, 0.2) is 18.2 Å².